The van der Waals surface area contributed by atoms with Crippen LogP contribution in [-0.4, -0.2) is 17.4 Å². The van der Waals surface area contributed by atoms with Crippen LogP contribution < -0.4 is 0 Å². The second kappa shape index (κ2) is 6.19. The van der Waals surface area contributed by atoms with Crippen LogP contribution in [0.2, 0.25) is 0 Å². The molecule has 0 aliphatic carbocycles. The van der Waals surface area contributed by atoms with Gasteiger partial charge in [0.15, 0.2) is 5.71 Å². The number of benzene rings is 2. The smallest absolute Gasteiger partial charge is 0.162 e. The third-order valence-electron chi connectivity index (χ3n) is 3.43. The molecule has 3 aromatic rings. The van der Waals surface area contributed by atoms with E-state index in [1.54, 1.807) is 0 Å². The van der Waals surface area contributed by atoms with Gasteiger partial charge in [0, 0.05) is 35.3 Å². The first kappa shape index (κ1) is 14.0. The summed E-state index contributed by atoms with van der Waals surface area (Å²) in [5.41, 5.74) is 3.70. The van der Waals surface area contributed by atoms with Gasteiger partial charge < -0.3 is 9.40 Å². The Balaban J connectivity index is 2.09. The molecule has 0 saturated carbocycles. The molecule has 0 atom stereocenters. The van der Waals surface area contributed by atoms with Crippen LogP contribution in [0, 0.1) is 11.8 Å². The fourth-order valence-electron chi connectivity index (χ4n) is 2.41. The summed E-state index contributed by atoms with van der Waals surface area (Å²) in [6.07, 6.45) is 2.03. The first-order valence-corrected chi connectivity index (χ1v) is 7.02. The molecule has 0 amide bonds. The maximum Gasteiger partial charge on any atom is 0.162 e. The van der Waals surface area contributed by atoms with Gasteiger partial charge in [0.2, 0.25) is 0 Å². The summed E-state index contributed by atoms with van der Waals surface area (Å²) in [5, 5.41) is 5.22. The minimum atomic E-state index is 0.628. The standard InChI is InChI=1S/C19H16N2O/c1-21-14-17(16-10-6-7-11-19(16)21)18(20-22-2)13-12-15-8-4-3-5-9-15/h3-11,14H,1-2H3/b20-18-. The number of fused-ring (bicyclic) bond motifs is 1. The van der Waals surface area contributed by atoms with Gasteiger partial charge >= 0.3 is 0 Å². The first-order chi connectivity index (χ1) is 10.8. The van der Waals surface area contributed by atoms with E-state index in [0.29, 0.717) is 5.71 Å². The number of oxime groups is 1. The summed E-state index contributed by atoms with van der Waals surface area (Å²) < 4.78 is 2.07. The Hall–Kier alpha value is -2.99. The Bertz CT molecular complexity index is 880. The Morgan fingerprint density at radius 3 is 2.55 bits per heavy atom. The Labute approximate surface area is 129 Å². The SMILES string of the molecule is CO/N=C(/C#Cc1ccccc1)c1cn(C)c2ccccc12. The Morgan fingerprint density at radius 2 is 1.77 bits per heavy atom. The van der Waals surface area contributed by atoms with E-state index in [9.17, 15) is 0 Å². The third-order valence-corrected chi connectivity index (χ3v) is 3.43. The highest BCUT2D eigenvalue weighted by Gasteiger charge is 2.10. The molecule has 3 rings (SSSR count). The van der Waals surface area contributed by atoms with Crippen LogP contribution in [-0.2, 0) is 11.9 Å². The molecule has 0 radical (unpaired) electrons. The van der Waals surface area contributed by atoms with Crippen molar-refractivity contribution >= 4 is 16.6 Å². The van der Waals surface area contributed by atoms with Crippen molar-refractivity contribution in [1.29, 1.82) is 0 Å². The number of hydrogen-bond donors (Lipinski definition) is 0. The van der Waals surface area contributed by atoms with Crippen molar-refractivity contribution in [2.24, 2.45) is 12.2 Å². The molecular weight excluding hydrogens is 272 g/mol. The second-order valence-electron chi connectivity index (χ2n) is 4.91. The van der Waals surface area contributed by atoms with Gasteiger partial charge in [-0.15, -0.1) is 0 Å². The topological polar surface area (TPSA) is 26.5 Å². The lowest BCUT2D eigenvalue weighted by Crippen LogP contribution is -1.97. The van der Waals surface area contributed by atoms with E-state index >= 15 is 0 Å². The highest BCUT2D eigenvalue weighted by molar-refractivity contribution is 6.19. The van der Waals surface area contributed by atoms with Crippen molar-refractivity contribution in [3.63, 3.8) is 0 Å². The molecule has 3 heteroatoms. The highest BCUT2D eigenvalue weighted by Crippen LogP contribution is 2.21. The summed E-state index contributed by atoms with van der Waals surface area (Å²) in [5.74, 6) is 6.25. The van der Waals surface area contributed by atoms with Crippen LogP contribution in [0.25, 0.3) is 10.9 Å². The summed E-state index contributed by atoms with van der Waals surface area (Å²) in [6.45, 7) is 0. The fourth-order valence-corrected chi connectivity index (χ4v) is 2.41. The lowest BCUT2D eigenvalue weighted by Gasteiger charge is -1.97. The molecule has 0 aliphatic heterocycles. The van der Waals surface area contributed by atoms with E-state index in [0.717, 1.165) is 22.0 Å². The molecule has 0 spiro atoms. The highest BCUT2D eigenvalue weighted by atomic mass is 16.6. The number of aryl methyl sites for hydroxylation is 1. The minimum absolute atomic E-state index is 0.628. The van der Waals surface area contributed by atoms with E-state index in [1.165, 1.54) is 7.11 Å². The zero-order valence-electron chi connectivity index (χ0n) is 12.6. The summed E-state index contributed by atoms with van der Waals surface area (Å²) in [4.78, 5) is 4.98. The van der Waals surface area contributed by atoms with E-state index in [1.807, 2.05) is 55.7 Å². The van der Waals surface area contributed by atoms with Crippen LogP contribution in [0.15, 0.2) is 65.9 Å². The largest absolute Gasteiger partial charge is 0.398 e. The van der Waals surface area contributed by atoms with Crippen molar-refractivity contribution in [2.45, 2.75) is 0 Å². The number of para-hydroxylation sites is 1. The molecule has 0 unspecified atom stereocenters. The predicted molar refractivity (Wildman–Crippen MR) is 89.8 cm³/mol. The van der Waals surface area contributed by atoms with Crippen LogP contribution in [0.5, 0.6) is 0 Å². The Morgan fingerprint density at radius 1 is 1.05 bits per heavy atom. The summed E-state index contributed by atoms with van der Waals surface area (Å²) in [7, 11) is 3.55. The van der Waals surface area contributed by atoms with Gasteiger partial charge in [-0.3, -0.25) is 0 Å². The van der Waals surface area contributed by atoms with Crippen molar-refractivity contribution in [3.8, 4) is 11.8 Å². The summed E-state index contributed by atoms with van der Waals surface area (Å²) >= 11 is 0. The van der Waals surface area contributed by atoms with E-state index in [2.05, 4.69) is 33.7 Å². The molecule has 0 fully saturated rings. The van der Waals surface area contributed by atoms with Gasteiger partial charge in [-0.05, 0) is 24.1 Å². The van der Waals surface area contributed by atoms with Gasteiger partial charge in [0.1, 0.15) is 7.11 Å². The first-order valence-electron chi connectivity index (χ1n) is 7.02. The van der Waals surface area contributed by atoms with Gasteiger partial charge in [0.05, 0.1) is 0 Å². The monoisotopic (exact) mass is 288 g/mol. The predicted octanol–water partition coefficient (Wildman–Crippen LogP) is 3.58. The number of rotatable bonds is 2. The molecule has 2 aromatic carbocycles. The lowest BCUT2D eigenvalue weighted by molar-refractivity contribution is 0.214. The van der Waals surface area contributed by atoms with Gasteiger partial charge in [0.25, 0.3) is 0 Å². The van der Waals surface area contributed by atoms with Crippen molar-refractivity contribution < 1.29 is 4.84 Å². The van der Waals surface area contributed by atoms with Crippen molar-refractivity contribution in [2.75, 3.05) is 7.11 Å². The summed E-state index contributed by atoms with van der Waals surface area (Å²) in [6, 6.07) is 18.0. The maximum atomic E-state index is 4.98. The maximum absolute atomic E-state index is 4.98. The molecule has 108 valence electrons. The molecule has 0 aliphatic rings. The quantitative estimate of drug-likeness (QED) is 0.402. The molecular formula is C19H16N2O. The molecule has 22 heavy (non-hydrogen) atoms. The molecule has 0 saturated heterocycles. The zero-order chi connectivity index (χ0) is 15.4. The van der Waals surface area contributed by atoms with Crippen molar-refractivity contribution in [3.05, 3.63) is 71.9 Å². The molecule has 1 heterocycles. The fraction of sp³-hybridized carbons (Fsp3) is 0.105. The molecule has 0 N–H and O–H groups in total. The van der Waals surface area contributed by atoms with Crippen LogP contribution >= 0.6 is 0 Å². The van der Waals surface area contributed by atoms with Gasteiger partial charge in [-0.25, -0.2) is 0 Å². The number of nitrogens with zero attached hydrogens (tertiary/aromatic N) is 2. The third kappa shape index (κ3) is 2.72. The van der Waals surface area contributed by atoms with Gasteiger partial charge in [-0.2, -0.15) is 0 Å². The normalized spacial score (nSPS) is 11.1. The average molecular weight is 288 g/mol. The zero-order valence-corrected chi connectivity index (χ0v) is 12.6. The van der Waals surface area contributed by atoms with Crippen LogP contribution in [0.4, 0.5) is 0 Å². The second-order valence-corrected chi connectivity index (χ2v) is 4.91. The van der Waals surface area contributed by atoms with Gasteiger partial charge in [-0.1, -0.05) is 47.5 Å². The van der Waals surface area contributed by atoms with Crippen LogP contribution in [0.3, 0.4) is 0 Å². The molecule has 3 nitrogen and oxygen atoms in total. The van der Waals surface area contributed by atoms with Crippen molar-refractivity contribution in [1.82, 2.24) is 4.57 Å². The van der Waals surface area contributed by atoms with Crippen LogP contribution in [0.1, 0.15) is 11.1 Å². The van der Waals surface area contributed by atoms with E-state index < -0.39 is 0 Å². The minimum Gasteiger partial charge on any atom is -0.398 e. The average Bonchev–Trinajstić information content (AvgIpc) is 2.90. The molecule has 0 bridgehead atoms. The number of aromatic nitrogens is 1. The number of hydrogen-bond acceptors (Lipinski definition) is 2. The van der Waals surface area contributed by atoms with E-state index in [-0.39, 0.29) is 0 Å². The Kier molecular flexibility index (Phi) is 3.93. The molecule has 1 aromatic heterocycles. The lowest BCUT2D eigenvalue weighted by atomic mass is 10.1. The van der Waals surface area contributed by atoms with E-state index in [4.69, 9.17) is 4.84 Å².